The van der Waals surface area contributed by atoms with Crippen molar-refractivity contribution in [1.82, 2.24) is 34.8 Å². The lowest BCUT2D eigenvalue weighted by Crippen LogP contribution is -2.50. The van der Waals surface area contributed by atoms with Crippen LogP contribution in [0.5, 0.6) is 0 Å². The highest BCUT2D eigenvalue weighted by Crippen LogP contribution is 2.26. The number of nitrogens with zero attached hydrogens (tertiary/aromatic N) is 8. The molecule has 0 atom stereocenters. The van der Waals surface area contributed by atoms with Crippen molar-refractivity contribution in [3.63, 3.8) is 0 Å². The van der Waals surface area contributed by atoms with E-state index >= 15 is 0 Å². The van der Waals surface area contributed by atoms with Crippen molar-refractivity contribution in [1.29, 1.82) is 0 Å². The third-order valence-electron chi connectivity index (χ3n) is 5.17. The number of nitrogens with one attached hydrogen (secondary N) is 1. The monoisotopic (exact) mass is 389 g/mol. The average molecular weight is 389 g/mol. The number of rotatable bonds is 4. The van der Waals surface area contributed by atoms with Crippen molar-refractivity contribution in [2.24, 2.45) is 5.92 Å². The Morgan fingerprint density at radius 3 is 2.76 bits per heavy atom. The maximum atomic E-state index is 4.79. The summed E-state index contributed by atoms with van der Waals surface area (Å²) in [5.74, 6) is 3.19. The first-order chi connectivity index (χ1) is 14.0. The molecule has 0 unspecified atom stereocenters. The van der Waals surface area contributed by atoms with Crippen LogP contribution in [0.4, 0.5) is 11.6 Å². The van der Waals surface area contributed by atoms with Crippen LogP contribution >= 0.6 is 0 Å². The molecule has 1 N–H and O–H groups in total. The van der Waals surface area contributed by atoms with Crippen molar-refractivity contribution in [3.8, 4) is 0 Å². The zero-order valence-corrected chi connectivity index (χ0v) is 16.7. The quantitative estimate of drug-likeness (QED) is 0.568. The van der Waals surface area contributed by atoms with Gasteiger partial charge in [-0.1, -0.05) is 20.8 Å². The van der Waals surface area contributed by atoms with Crippen LogP contribution in [0.25, 0.3) is 16.7 Å². The lowest BCUT2D eigenvalue weighted by Gasteiger charge is -2.40. The highest BCUT2D eigenvalue weighted by molar-refractivity contribution is 5.85. The summed E-state index contributed by atoms with van der Waals surface area (Å²) in [6.07, 6.45) is 3.30. The first-order valence-electron chi connectivity index (χ1n) is 9.76. The second kappa shape index (κ2) is 6.61. The van der Waals surface area contributed by atoms with Gasteiger partial charge in [0.25, 0.3) is 0 Å². The molecule has 1 fully saturated rings. The maximum Gasteiger partial charge on any atom is 0.178 e. The van der Waals surface area contributed by atoms with Crippen molar-refractivity contribution in [3.05, 3.63) is 42.6 Å². The summed E-state index contributed by atoms with van der Waals surface area (Å²) >= 11 is 0. The van der Waals surface area contributed by atoms with Crippen LogP contribution in [0.1, 0.15) is 26.6 Å². The molecule has 4 aromatic rings. The molecule has 148 valence electrons. The molecule has 9 heteroatoms. The SMILES string of the molecule is CC(C)(C)c1nnc2ccc(N3CC(CNc4ncnc5ncccc45)C3)nn12. The number of aromatic nitrogens is 7. The van der Waals surface area contributed by atoms with Crippen LogP contribution in [0.3, 0.4) is 0 Å². The first kappa shape index (κ1) is 17.7. The fourth-order valence-electron chi connectivity index (χ4n) is 3.58. The lowest BCUT2D eigenvalue weighted by atomic mass is 9.96. The Hall–Kier alpha value is -3.36. The van der Waals surface area contributed by atoms with E-state index in [1.54, 1.807) is 12.5 Å². The molecule has 0 saturated carbocycles. The van der Waals surface area contributed by atoms with Gasteiger partial charge in [0, 0.05) is 37.2 Å². The van der Waals surface area contributed by atoms with Gasteiger partial charge in [0.1, 0.15) is 18.0 Å². The van der Waals surface area contributed by atoms with Crippen LogP contribution in [0, 0.1) is 5.92 Å². The normalized spacial score (nSPS) is 15.1. The van der Waals surface area contributed by atoms with E-state index in [0.29, 0.717) is 11.6 Å². The molecule has 0 aliphatic carbocycles. The summed E-state index contributed by atoms with van der Waals surface area (Å²) in [6.45, 7) is 9.10. The van der Waals surface area contributed by atoms with Gasteiger partial charge < -0.3 is 10.2 Å². The summed E-state index contributed by atoms with van der Waals surface area (Å²) in [5, 5.41) is 17.7. The Morgan fingerprint density at radius 1 is 1.07 bits per heavy atom. The van der Waals surface area contributed by atoms with Gasteiger partial charge in [0.15, 0.2) is 17.1 Å². The van der Waals surface area contributed by atoms with Crippen molar-refractivity contribution in [2.75, 3.05) is 29.9 Å². The summed E-state index contributed by atoms with van der Waals surface area (Å²) in [4.78, 5) is 15.1. The smallest absolute Gasteiger partial charge is 0.178 e. The van der Waals surface area contributed by atoms with E-state index in [1.807, 2.05) is 28.8 Å². The van der Waals surface area contributed by atoms with Gasteiger partial charge in [-0.2, -0.15) is 4.52 Å². The highest BCUT2D eigenvalue weighted by Gasteiger charge is 2.29. The second-order valence-corrected chi connectivity index (χ2v) is 8.48. The molecule has 0 radical (unpaired) electrons. The Morgan fingerprint density at radius 2 is 1.93 bits per heavy atom. The molecule has 1 aliphatic heterocycles. The van der Waals surface area contributed by atoms with E-state index in [4.69, 9.17) is 5.10 Å². The predicted molar refractivity (Wildman–Crippen MR) is 111 cm³/mol. The fraction of sp³-hybridized carbons (Fsp3) is 0.400. The number of hydrogen-bond acceptors (Lipinski definition) is 8. The topological polar surface area (TPSA) is 97.0 Å². The first-order valence-corrected chi connectivity index (χ1v) is 9.76. The van der Waals surface area contributed by atoms with E-state index in [2.05, 4.69) is 56.1 Å². The Kier molecular flexibility index (Phi) is 4.04. The van der Waals surface area contributed by atoms with Crippen LogP contribution in [-0.2, 0) is 5.41 Å². The van der Waals surface area contributed by atoms with E-state index in [1.165, 1.54) is 0 Å². The Bertz CT molecular complexity index is 1170. The molecular weight excluding hydrogens is 366 g/mol. The zero-order chi connectivity index (χ0) is 20.0. The van der Waals surface area contributed by atoms with E-state index in [0.717, 1.165) is 48.1 Å². The van der Waals surface area contributed by atoms with E-state index in [-0.39, 0.29) is 5.41 Å². The molecule has 1 aliphatic rings. The van der Waals surface area contributed by atoms with Crippen LogP contribution in [0.2, 0.25) is 0 Å². The minimum absolute atomic E-state index is 0.110. The summed E-state index contributed by atoms with van der Waals surface area (Å²) in [6, 6.07) is 7.89. The van der Waals surface area contributed by atoms with Crippen LogP contribution < -0.4 is 10.2 Å². The second-order valence-electron chi connectivity index (χ2n) is 8.48. The third kappa shape index (κ3) is 3.22. The molecule has 5 heterocycles. The van der Waals surface area contributed by atoms with E-state index < -0.39 is 0 Å². The van der Waals surface area contributed by atoms with Gasteiger partial charge in [0.2, 0.25) is 0 Å². The standard InChI is InChI=1S/C20H23N9/c1-20(2,3)19-26-25-15-6-7-16(27-29(15)19)28-10-13(11-28)9-22-18-14-5-4-8-21-17(14)23-12-24-18/h4-8,12-13H,9-11H2,1-3H3,(H,21,22,23,24). The number of fused-ring (bicyclic) bond motifs is 2. The van der Waals surface area contributed by atoms with Crippen molar-refractivity contribution < 1.29 is 0 Å². The lowest BCUT2D eigenvalue weighted by molar-refractivity contribution is 0.423. The van der Waals surface area contributed by atoms with Crippen LogP contribution in [-0.4, -0.2) is 54.4 Å². The zero-order valence-electron chi connectivity index (χ0n) is 16.7. The molecular formula is C20H23N9. The molecule has 0 spiro atoms. The molecule has 1 saturated heterocycles. The minimum Gasteiger partial charge on any atom is -0.369 e. The molecule has 29 heavy (non-hydrogen) atoms. The summed E-state index contributed by atoms with van der Waals surface area (Å²) in [5.41, 5.74) is 1.38. The van der Waals surface area contributed by atoms with Gasteiger partial charge in [0.05, 0.1) is 5.39 Å². The fourth-order valence-corrected chi connectivity index (χ4v) is 3.58. The van der Waals surface area contributed by atoms with Gasteiger partial charge in [-0.25, -0.2) is 15.0 Å². The molecule has 4 aromatic heterocycles. The molecule has 0 aromatic carbocycles. The predicted octanol–water partition coefficient (Wildman–Crippen LogP) is 2.31. The van der Waals surface area contributed by atoms with Gasteiger partial charge in [-0.05, 0) is 24.3 Å². The Labute approximate surface area is 168 Å². The van der Waals surface area contributed by atoms with Gasteiger partial charge >= 0.3 is 0 Å². The number of hydrogen-bond donors (Lipinski definition) is 1. The number of pyridine rings is 1. The molecule has 0 bridgehead atoms. The van der Waals surface area contributed by atoms with Crippen molar-refractivity contribution >= 4 is 28.3 Å². The van der Waals surface area contributed by atoms with Gasteiger partial charge in [-0.3, -0.25) is 0 Å². The number of anilines is 2. The van der Waals surface area contributed by atoms with E-state index in [9.17, 15) is 0 Å². The van der Waals surface area contributed by atoms with Crippen molar-refractivity contribution in [2.45, 2.75) is 26.2 Å². The highest BCUT2D eigenvalue weighted by atomic mass is 15.4. The average Bonchev–Trinajstić information content (AvgIpc) is 3.10. The molecule has 9 nitrogen and oxygen atoms in total. The van der Waals surface area contributed by atoms with Crippen LogP contribution in [0.15, 0.2) is 36.8 Å². The summed E-state index contributed by atoms with van der Waals surface area (Å²) in [7, 11) is 0. The minimum atomic E-state index is -0.110. The van der Waals surface area contributed by atoms with Gasteiger partial charge in [-0.15, -0.1) is 15.3 Å². The molecule has 5 rings (SSSR count). The maximum absolute atomic E-state index is 4.79. The molecule has 0 amide bonds. The summed E-state index contributed by atoms with van der Waals surface area (Å²) < 4.78 is 1.86. The largest absolute Gasteiger partial charge is 0.369 e. The Balaban J connectivity index is 1.26. The third-order valence-corrected chi connectivity index (χ3v) is 5.17.